The monoisotopic (exact) mass is 536 g/mol. The Morgan fingerprint density at radius 3 is 2.32 bits per heavy atom. The molecule has 0 aliphatic carbocycles. The molecule has 0 aliphatic rings. The molecule has 196 valence electrons. The molecular weight excluding hydrogens is 512 g/mol. The van der Waals surface area contributed by atoms with Gasteiger partial charge in [0.15, 0.2) is 22.9 Å². The highest BCUT2D eigenvalue weighted by molar-refractivity contribution is 7.92. The standard InChI is InChI=1S/C24H22N8O5S.H2/c1-4-37-19-11-5-8-15(28-19)22-30-21-23(32(22)20-16(35-2)9-6-10-17(20)36-3)29-18(14-27-21)31-38(33,34)24-25-12-7-13-26-24;/h5-14H,4H2,1-3H3,(H,29,31);1H. The Bertz CT molecular complexity index is 1690. The second-order valence-corrected chi connectivity index (χ2v) is 9.19. The molecule has 14 heteroatoms. The molecule has 0 fully saturated rings. The summed E-state index contributed by atoms with van der Waals surface area (Å²) < 4.78 is 46.5. The first-order valence-electron chi connectivity index (χ1n) is 11.3. The number of hydrogen-bond acceptors (Lipinski definition) is 11. The molecule has 0 atom stereocenters. The van der Waals surface area contributed by atoms with Crippen molar-refractivity contribution in [2.24, 2.45) is 0 Å². The molecule has 1 N–H and O–H groups in total. The Morgan fingerprint density at radius 2 is 1.63 bits per heavy atom. The van der Waals surface area contributed by atoms with Crippen LogP contribution in [0.5, 0.6) is 17.4 Å². The summed E-state index contributed by atoms with van der Waals surface area (Å²) in [7, 11) is -1.08. The van der Waals surface area contributed by atoms with E-state index < -0.39 is 15.2 Å². The van der Waals surface area contributed by atoms with Gasteiger partial charge in [0.05, 0.1) is 27.0 Å². The molecule has 0 bridgehead atoms. The number of nitrogens with one attached hydrogen (secondary N) is 1. The van der Waals surface area contributed by atoms with Gasteiger partial charge in [-0.05, 0) is 31.2 Å². The van der Waals surface area contributed by atoms with Crippen molar-refractivity contribution in [3.8, 4) is 34.6 Å². The molecule has 0 unspecified atom stereocenters. The molecule has 0 radical (unpaired) electrons. The van der Waals surface area contributed by atoms with E-state index in [2.05, 4.69) is 34.6 Å². The maximum atomic E-state index is 12.8. The fraction of sp³-hybridized carbons (Fsp3) is 0.167. The summed E-state index contributed by atoms with van der Waals surface area (Å²) in [5.41, 5.74) is 1.39. The number of pyridine rings is 1. The molecule has 0 saturated carbocycles. The lowest BCUT2D eigenvalue weighted by atomic mass is 10.2. The van der Waals surface area contributed by atoms with Gasteiger partial charge in [-0.2, -0.15) is 8.42 Å². The van der Waals surface area contributed by atoms with Crippen LogP contribution in [0.3, 0.4) is 0 Å². The zero-order chi connectivity index (χ0) is 26.7. The van der Waals surface area contributed by atoms with Crippen LogP contribution >= 0.6 is 0 Å². The first kappa shape index (κ1) is 24.8. The topological polar surface area (TPSA) is 156 Å². The number of sulfonamides is 1. The quantitative estimate of drug-likeness (QED) is 0.276. The molecule has 0 saturated heterocycles. The van der Waals surface area contributed by atoms with Gasteiger partial charge in [-0.15, -0.1) is 0 Å². The molecular formula is C24H24N8O5S. The lowest BCUT2D eigenvalue weighted by Crippen LogP contribution is -2.17. The van der Waals surface area contributed by atoms with E-state index in [9.17, 15) is 8.42 Å². The van der Waals surface area contributed by atoms with Crippen molar-refractivity contribution in [2.75, 3.05) is 25.5 Å². The maximum Gasteiger partial charge on any atom is 0.298 e. The van der Waals surface area contributed by atoms with Gasteiger partial charge in [0, 0.05) is 19.9 Å². The Morgan fingerprint density at radius 1 is 0.921 bits per heavy atom. The van der Waals surface area contributed by atoms with Crippen LogP contribution in [0.1, 0.15) is 8.35 Å². The van der Waals surface area contributed by atoms with Crippen molar-refractivity contribution in [1.29, 1.82) is 0 Å². The summed E-state index contributed by atoms with van der Waals surface area (Å²) in [6.07, 6.45) is 3.91. The highest BCUT2D eigenvalue weighted by Gasteiger charge is 2.25. The predicted molar refractivity (Wildman–Crippen MR) is 139 cm³/mol. The van der Waals surface area contributed by atoms with Crippen LogP contribution in [0.2, 0.25) is 0 Å². The van der Waals surface area contributed by atoms with Crippen molar-refractivity contribution >= 4 is 27.1 Å². The van der Waals surface area contributed by atoms with Crippen LogP contribution in [0.25, 0.3) is 28.5 Å². The Hall–Kier alpha value is -4.85. The molecule has 13 nitrogen and oxygen atoms in total. The van der Waals surface area contributed by atoms with Crippen molar-refractivity contribution in [2.45, 2.75) is 12.1 Å². The number of para-hydroxylation sites is 1. The van der Waals surface area contributed by atoms with Crippen molar-refractivity contribution in [3.63, 3.8) is 0 Å². The van der Waals surface area contributed by atoms with Crippen LogP contribution in [0.4, 0.5) is 5.82 Å². The minimum atomic E-state index is -4.13. The minimum absolute atomic E-state index is 0. The summed E-state index contributed by atoms with van der Waals surface area (Å²) in [6, 6.07) is 12.1. The number of fused-ring (bicyclic) bond motifs is 1. The molecule has 5 rings (SSSR count). The first-order valence-corrected chi connectivity index (χ1v) is 12.8. The van der Waals surface area contributed by atoms with E-state index in [4.69, 9.17) is 14.2 Å². The van der Waals surface area contributed by atoms with Crippen molar-refractivity contribution in [1.82, 2.24) is 34.5 Å². The maximum absolute atomic E-state index is 12.8. The molecule has 1 aromatic carbocycles. The van der Waals surface area contributed by atoms with E-state index in [-0.39, 0.29) is 18.5 Å². The van der Waals surface area contributed by atoms with Gasteiger partial charge in [-0.25, -0.2) is 29.9 Å². The second-order valence-electron chi connectivity index (χ2n) is 7.62. The second kappa shape index (κ2) is 10.3. The average Bonchev–Trinajstić information content (AvgIpc) is 3.31. The van der Waals surface area contributed by atoms with Gasteiger partial charge in [0.2, 0.25) is 5.88 Å². The van der Waals surface area contributed by atoms with Crippen molar-refractivity contribution in [3.05, 3.63) is 61.1 Å². The Balaban J connectivity index is 0.00000353. The van der Waals surface area contributed by atoms with Gasteiger partial charge in [-0.3, -0.25) is 9.29 Å². The van der Waals surface area contributed by atoms with E-state index in [1.165, 1.54) is 38.9 Å². The summed E-state index contributed by atoms with van der Waals surface area (Å²) >= 11 is 0. The molecule has 4 heterocycles. The summed E-state index contributed by atoms with van der Waals surface area (Å²) in [4.78, 5) is 25.8. The van der Waals surface area contributed by atoms with Crippen LogP contribution in [-0.4, -0.2) is 63.7 Å². The van der Waals surface area contributed by atoms with Gasteiger partial charge in [-0.1, -0.05) is 12.1 Å². The third-order valence-electron chi connectivity index (χ3n) is 5.26. The Labute approximate surface area is 219 Å². The number of nitrogens with zero attached hydrogens (tertiary/aromatic N) is 7. The van der Waals surface area contributed by atoms with Crippen molar-refractivity contribution < 1.29 is 24.1 Å². The molecule has 5 aromatic rings. The smallest absolute Gasteiger partial charge is 0.298 e. The van der Waals surface area contributed by atoms with Gasteiger partial charge in [0.1, 0.15) is 22.9 Å². The highest BCUT2D eigenvalue weighted by Crippen LogP contribution is 2.38. The lowest BCUT2D eigenvalue weighted by Gasteiger charge is -2.16. The summed E-state index contributed by atoms with van der Waals surface area (Å²) in [5, 5.41) is -0.403. The summed E-state index contributed by atoms with van der Waals surface area (Å²) in [5.74, 6) is 1.61. The SMILES string of the molecule is CCOc1cccc(-c2nc3ncc(NS(=O)(=O)c4ncccn4)nc3n2-c2c(OC)cccc2OC)n1.[HH]. The van der Waals surface area contributed by atoms with Gasteiger partial charge >= 0.3 is 0 Å². The Kier molecular flexibility index (Phi) is 6.70. The number of anilines is 1. The number of imidazole rings is 1. The first-order chi connectivity index (χ1) is 18.4. The number of aromatic nitrogens is 7. The third kappa shape index (κ3) is 4.64. The fourth-order valence-corrected chi connectivity index (χ4v) is 4.58. The lowest BCUT2D eigenvalue weighted by molar-refractivity contribution is 0.327. The number of benzene rings is 1. The molecule has 38 heavy (non-hydrogen) atoms. The van der Waals surface area contributed by atoms with Crippen LogP contribution in [-0.2, 0) is 10.0 Å². The number of rotatable bonds is 9. The van der Waals surface area contributed by atoms with E-state index in [1.807, 2.05) is 6.92 Å². The molecule has 0 spiro atoms. The van der Waals surface area contributed by atoms with Crippen LogP contribution < -0.4 is 18.9 Å². The predicted octanol–water partition coefficient (Wildman–Crippen LogP) is 3.13. The van der Waals surface area contributed by atoms with E-state index in [0.29, 0.717) is 41.2 Å². The highest BCUT2D eigenvalue weighted by atomic mass is 32.2. The van der Waals surface area contributed by atoms with Crippen LogP contribution in [0.15, 0.2) is 66.2 Å². The third-order valence-corrected chi connectivity index (χ3v) is 6.43. The molecule has 0 aliphatic heterocycles. The van der Waals surface area contributed by atoms with Crippen LogP contribution in [0, 0.1) is 0 Å². The normalized spacial score (nSPS) is 11.3. The molecule has 4 aromatic heterocycles. The fourth-order valence-electron chi connectivity index (χ4n) is 3.71. The van der Waals surface area contributed by atoms with Gasteiger partial charge < -0.3 is 14.2 Å². The largest absolute Gasteiger partial charge is 0.494 e. The van der Waals surface area contributed by atoms with E-state index in [0.717, 1.165) is 0 Å². The number of ether oxygens (including phenoxy) is 3. The zero-order valence-corrected chi connectivity index (χ0v) is 21.4. The van der Waals surface area contributed by atoms with E-state index in [1.54, 1.807) is 41.0 Å². The number of hydrogen-bond donors (Lipinski definition) is 1. The number of methoxy groups -OCH3 is 2. The van der Waals surface area contributed by atoms with Gasteiger partial charge in [0.25, 0.3) is 15.2 Å². The van der Waals surface area contributed by atoms with E-state index >= 15 is 0 Å². The summed E-state index contributed by atoms with van der Waals surface area (Å²) in [6.45, 7) is 2.30. The average molecular weight is 537 g/mol. The molecule has 0 amide bonds. The zero-order valence-electron chi connectivity index (χ0n) is 20.6. The minimum Gasteiger partial charge on any atom is -0.494 e.